The van der Waals surface area contributed by atoms with E-state index in [2.05, 4.69) is 31.4 Å². The fraction of sp³-hybridized carbons (Fsp3) is 0.304. The summed E-state index contributed by atoms with van der Waals surface area (Å²) in [6.07, 6.45) is 4.04. The van der Waals surface area contributed by atoms with Gasteiger partial charge in [0, 0.05) is 23.1 Å². The Balaban J connectivity index is 2.08. The van der Waals surface area contributed by atoms with E-state index in [4.69, 9.17) is 9.47 Å². The Morgan fingerprint density at radius 1 is 1.18 bits per heavy atom. The maximum absolute atomic E-state index is 9.25. The van der Waals surface area contributed by atoms with Gasteiger partial charge in [0.05, 0.1) is 0 Å². The van der Waals surface area contributed by atoms with E-state index >= 15 is 0 Å². The molecular formula is C23H23N3O2. The number of hydrogen-bond acceptors (Lipinski definition) is 5. The van der Waals surface area contributed by atoms with Gasteiger partial charge in [0.15, 0.2) is 5.72 Å². The summed E-state index contributed by atoms with van der Waals surface area (Å²) < 4.78 is 12.4. The Kier molecular flexibility index (Phi) is 5.40. The summed E-state index contributed by atoms with van der Waals surface area (Å²) >= 11 is 0. The Morgan fingerprint density at radius 3 is 2.46 bits per heavy atom. The molecule has 5 heteroatoms. The molecule has 0 radical (unpaired) electrons. The van der Waals surface area contributed by atoms with Crippen LogP contribution in [0.5, 0.6) is 5.75 Å². The van der Waals surface area contributed by atoms with Crippen LogP contribution in [-0.2, 0) is 11.2 Å². The molecule has 0 N–H and O–H groups in total. The van der Waals surface area contributed by atoms with Gasteiger partial charge < -0.3 is 9.47 Å². The molecule has 1 aromatic rings. The quantitative estimate of drug-likeness (QED) is 0.717. The second-order valence-electron chi connectivity index (χ2n) is 6.74. The third-order valence-electron chi connectivity index (χ3n) is 5.15. The maximum Gasteiger partial charge on any atom is 0.196 e. The van der Waals surface area contributed by atoms with Gasteiger partial charge >= 0.3 is 0 Å². The standard InChI is InChI=1S/C23H23N3O2/c1-5-26(6-2)23(13-18-9-7-8-10-21(18)28-23)17(4)22-12-19(11-16(3)27-22)20(14-24)15-25/h7-12H,4-6,13H2,1-3H3. The van der Waals surface area contributed by atoms with Crippen molar-refractivity contribution in [1.29, 1.82) is 10.5 Å². The highest BCUT2D eigenvalue weighted by Gasteiger charge is 2.47. The molecule has 0 aromatic heterocycles. The average Bonchev–Trinajstić information content (AvgIpc) is 3.09. The third-order valence-corrected chi connectivity index (χ3v) is 5.15. The van der Waals surface area contributed by atoms with Crippen LogP contribution in [0.25, 0.3) is 0 Å². The zero-order chi connectivity index (χ0) is 20.3. The van der Waals surface area contributed by atoms with E-state index in [9.17, 15) is 10.5 Å². The first kappa shape index (κ1) is 19.5. The lowest BCUT2D eigenvalue weighted by Gasteiger charge is -2.41. The van der Waals surface area contributed by atoms with Crippen LogP contribution in [0.3, 0.4) is 0 Å². The summed E-state index contributed by atoms with van der Waals surface area (Å²) in [7, 11) is 0. The third kappa shape index (κ3) is 3.22. The minimum atomic E-state index is -0.777. The fourth-order valence-electron chi connectivity index (χ4n) is 3.77. The predicted molar refractivity (Wildman–Crippen MR) is 107 cm³/mol. The molecule has 0 spiro atoms. The van der Waals surface area contributed by atoms with Crippen molar-refractivity contribution in [1.82, 2.24) is 4.90 Å². The lowest BCUT2D eigenvalue weighted by molar-refractivity contribution is -0.0341. The number of benzene rings is 1. The molecule has 0 amide bonds. The van der Waals surface area contributed by atoms with Crippen molar-refractivity contribution in [3.63, 3.8) is 0 Å². The average molecular weight is 373 g/mol. The highest BCUT2D eigenvalue weighted by Crippen LogP contribution is 2.44. The number of fused-ring (bicyclic) bond motifs is 1. The Morgan fingerprint density at radius 2 is 1.86 bits per heavy atom. The number of likely N-dealkylation sites (N-methyl/N-ethyl adjacent to an activating group) is 1. The van der Waals surface area contributed by atoms with E-state index in [1.165, 1.54) is 0 Å². The van der Waals surface area contributed by atoms with Gasteiger partial charge in [-0.2, -0.15) is 10.5 Å². The van der Waals surface area contributed by atoms with Gasteiger partial charge in [-0.15, -0.1) is 0 Å². The van der Waals surface area contributed by atoms with Crippen molar-refractivity contribution in [2.45, 2.75) is 32.9 Å². The van der Waals surface area contributed by atoms with Gasteiger partial charge in [0.2, 0.25) is 0 Å². The number of ether oxygens (including phenoxy) is 2. The molecule has 28 heavy (non-hydrogen) atoms. The number of nitriles is 2. The summed E-state index contributed by atoms with van der Waals surface area (Å²) in [5.74, 6) is 1.95. The van der Waals surface area contributed by atoms with E-state index in [0.717, 1.165) is 24.4 Å². The summed E-state index contributed by atoms with van der Waals surface area (Å²) in [5, 5.41) is 18.5. The van der Waals surface area contributed by atoms with Gasteiger partial charge in [-0.3, -0.25) is 4.90 Å². The van der Waals surface area contributed by atoms with Crippen LogP contribution in [0.1, 0.15) is 26.3 Å². The molecule has 0 bridgehead atoms. The molecule has 3 rings (SSSR count). The highest BCUT2D eigenvalue weighted by molar-refractivity contribution is 5.55. The molecule has 2 aliphatic heterocycles. The van der Waals surface area contributed by atoms with Crippen molar-refractivity contribution in [2.24, 2.45) is 0 Å². The topological polar surface area (TPSA) is 69.3 Å². The molecule has 0 fully saturated rings. The van der Waals surface area contributed by atoms with E-state index in [1.54, 1.807) is 19.1 Å². The lowest BCUT2D eigenvalue weighted by Crippen LogP contribution is -2.54. The summed E-state index contributed by atoms with van der Waals surface area (Å²) in [6, 6.07) is 11.9. The van der Waals surface area contributed by atoms with Crippen molar-refractivity contribution >= 4 is 0 Å². The van der Waals surface area contributed by atoms with Crippen molar-refractivity contribution < 1.29 is 9.47 Å². The molecule has 5 nitrogen and oxygen atoms in total. The van der Waals surface area contributed by atoms with Crippen LogP contribution in [-0.4, -0.2) is 23.7 Å². The van der Waals surface area contributed by atoms with Gasteiger partial charge in [0.25, 0.3) is 0 Å². The van der Waals surface area contributed by atoms with Crippen LogP contribution in [0.15, 0.2) is 71.2 Å². The molecular weight excluding hydrogens is 350 g/mol. The van der Waals surface area contributed by atoms with Crippen molar-refractivity contribution in [3.8, 4) is 17.9 Å². The zero-order valence-electron chi connectivity index (χ0n) is 16.5. The number of nitrogens with zero attached hydrogens (tertiary/aromatic N) is 3. The van der Waals surface area contributed by atoms with Crippen LogP contribution < -0.4 is 4.74 Å². The smallest absolute Gasteiger partial charge is 0.196 e. The molecule has 1 aromatic carbocycles. The van der Waals surface area contributed by atoms with Crippen LogP contribution in [0.2, 0.25) is 0 Å². The number of hydrogen-bond donors (Lipinski definition) is 0. The molecule has 1 atom stereocenters. The van der Waals surface area contributed by atoms with Gasteiger partial charge in [-0.1, -0.05) is 38.6 Å². The van der Waals surface area contributed by atoms with Crippen LogP contribution in [0.4, 0.5) is 0 Å². The number of rotatable bonds is 5. The Bertz CT molecular complexity index is 941. The lowest BCUT2D eigenvalue weighted by atomic mass is 9.92. The van der Waals surface area contributed by atoms with Gasteiger partial charge in [-0.25, -0.2) is 0 Å². The second kappa shape index (κ2) is 7.76. The highest BCUT2D eigenvalue weighted by atomic mass is 16.5. The molecule has 2 heterocycles. The molecule has 0 aliphatic carbocycles. The largest absolute Gasteiger partial charge is 0.468 e. The predicted octanol–water partition coefficient (Wildman–Crippen LogP) is 4.38. The molecule has 1 unspecified atom stereocenters. The van der Waals surface area contributed by atoms with Gasteiger partial charge in [0.1, 0.15) is 35.0 Å². The summed E-state index contributed by atoms with van der Waals surface area (Å²) in [5.41, 5.74) is 1.58. The van der Waals surface area contributed by atoms with E-state index < -0.39 is 5.72 Å². The van der Waals surface area contributed by atoms with E-state index in [1.807, 2.05) is 30.3 Å². The van der Waals surface area contributed by atoms with E-state index in [-0.39, 0.29) is 5.57 Å². The molecule has 142 valence electrons. The molecule has 2 aliphatic rings. The first-order valence-corrected chi connectivity index (χ1v) is 9.33. The summed E-state index contributed by atoms with van der Waals surface area (Å²) in [4.78, 5) is 2.21. The Labute approximate surface area is 166 Å². The molecule has 0 saturated carbocycles. The normalized spacial score (nSPS) is 20.1. The second-order valence-corrected chi connectivity index (χ2v) is 6.74. The minimum absolute atomic E-state index is 0.0421. The summed E-state index contributed by atoms with van der Waals surface area (Å²) in [6.45, 7) is 11.8. The Hall–Kier alpha value is -3.28. The number of allylic oxidation sites excluding steroid dienone is 5. The van der Waals surface area contributed by atoms with Crippen LogP contribution in [0, 0.1) is 22.7 Å². The first-order chi connectivity index (χ1) is 13.5. The van der Waals surface area contributed by atoms with Crippen LogP contribution >= 0.6 is 0 Å². The fourth-order valence-corrected chi connectivity index (χ4v) is 3.77. The number of para-hydroxylation sites is 1. The minimum Gasteiger partial charge on any atom is -0.468 e. The SMILES string of the molecule is C=C(C1=CC(=C(C#N)C#N)C=C(C)O1)C1(N(CC)CC)Cc2ccccc2O1. The first-order valence-electron chi connectivity index (χ1n) is 9.33. The monoisotopic (exact) mass is 373 g/mol. The van der Waals surface area contributed by atoms with Crippen molar-refractivity contribution in [3.05, 3.63) is 76.8 Å². The maximum atomic E-state index is 9.25. The zero-order valence-corrected chi connectivity index (χ0v) is 16.5. The van der Waals surface area contributed by atoms with E-state index in [0.29, 0.717) is 29.1 Å². The molecule has 0 saturated heterocycles. The van der Waals surface area contributed by atoms with Crippen molar-refractivity contribution in [2.75, 3.05) is 13.1 Å². The van der Waals surface area contributed by atoms with Gasteiger partial charge in [-0.05, 0) is 38.2 Å².